The molecule has 102 valence electrons. The van der Waals surface area contributed by atoms with Crippen molar-refractivity contribution in [3.63, 3.8) is 0 Å². The van der Waals surface area contributed by atoms with E-state index in [9.17, 15) is 4.79 Å². The van der Waals surface area contributed by atoms with Crippen molar-refractivity contribution in [2.45, 2.75) is 33.6 Å². The largest absolute Gasteiger partial charge is 0.370 e. The third-order valence-electron chi connectivity index (χ3n) is 2.94. The zero-order chi connectivity index (χ0) is 13.1. The van der Waals surface area contributed by atoms with Gasteiger partial charge in [0, 0.05) is 20.1 Å². The summed E-state index contributed by atoms with van der Waals surface area (Å²) >= 11 is 0. The average Bonchev–Trinajstić information content (AvgIpc) is 2.35. The minimum atomic E-state index is 0.0815. The molecule has 0 aromatic heterocycles. The van der Waals surface area contributed by atoms with Crippen LogP contribution in [0.1, 0.15) is 33.6 Å². The highest BCUT2D eigenvalue weighted by atomic mass is 16.5. The molecule has 0 saturated heterocycles. The Balaban J connectivity index is 3.56. The summed E-state index contributed by atoms with van der Waals surface area (Å²) in [4.78, 5) is 15.7. The van der Waals surface area contributed by atoms with Gasteiger partial charge in [-0.15, -0.1) is 0 Å². The van der Waals surface area contributed by atoms with Crippen LogP contribution in [0.3, 0.4) is 0 Å². The molecule has 1 amide bonds. The van der Waals surface area contributed by atoms with Crippen molar-refractivity contribution in [2.75, 3.05) is 46.4 Å². The molecule has 0 fully saturated rings. The molecule has 17 heavy (non-hydrogen) atoms. The van der Waals surface area contributed by atoms with Gasteiger partial charge in [0.05, 0.1) is 6.61 Å². The first kappa shape index (κ1) is 16.4. The summed E-state index contributed by atoms with van der Waals surface area (Å²) in [6, 6.07) is 0. The van der Waals surface area contributed by atoms with Crippen molar-refractivity contribution >= 4 is 5.91 Å². The highest BCUT2D eigenvalue weighted by molar-refractivity contribution is 5.77. The van der Waals surface area contributed by atoms with Crippen molar-refractivity contribution in [2.24, 2.45) is 0 Å². The highest BCUT2D eigenvalue weighted by Crippen LogP contribution is 1.93. The van der Waals surface area contributed by atoms with Gasteiger partial charge in [-0.1, -0.05) is 27.2 Å². The monoisotopic (exact) mass is 244 g/mol. The fourth-order valence-electron chi connectivity index (χ4n) is 1.52. The molecule has 0 aliphatic rings. The Bertz CT molecular complexity index is 194. The van der Waals surface area contributed by atoms with E-state index in [4.69, 9.17) is 4.74 Å². The van der Waals surface area contributed by atoms with E-state index in [1.54, 1.807) is 4.90 Å². The maximum Gasteiger partial charge on any atom is 0.248 e. The van der Waals surface area contributed by atoms with E-state index < -0.39 is 0 Å². The zero-order valence-electron chi connectivity index (χ0n) is 11.9. The Hall–Kier alpha value is -0.610. The van der Waals surface area contributed by atoms with Gasteiger partial charge >= 0.3 is 0 Å². The fraction of sp³-hybridized carbons (Fsp3) is 0.923. The first-order valence-electron chi connectivity index (χ1n) is 6.69. The summed E-state index contributed by atoms with van der Waals surface area (Å²) in [5, 5.41) is 0. The maximum atomic E-state index is 11.6. The van der Waals surface area contributed by atoms with Gasteiger partial charge in [0.2, 0.25) is 5.91 Å². The molecule has 0 bridgehead atoms. The molecule has 0 N–H and O–H groups in total. The first-order chi connectivity index (χ1) is 8.15. The first-order valence-corrected chi connectivity index (χ1v) is 6.69. The third-order valence-corrected chi connectivity index (χ3v) is 2.94. The molecular formula is C13H28N2O2. The topological polar surface area (TPSA) is 32.8 Å². The summed E-state index contributed by atoms with van der Waals surface area (Å²) in [6.45, 7) is 11.0. The number of amides is 1. The van der Waals surface area contributed by atoms with E-state index in [-0.39, 0.29) is 12.5 Å². The van der Waals surface area contributed by atoms with Crippen LogP contribution in [-0.2, 0) is 9.53 Å². The molecule has 0 saturated carbocycles. The smallest absolute Gasteiger partial charge is 0.248 e. The van der Waals surface area contributed by atoms with E-state index in [2.05, 4.69) is 25.7 Å². The van der Waals surface area contributed by atoms with Crippen molar-refractivity contribution < 1.29 is 9.53 Å². The van der Waals surface area contributed by atoms with Crippen LogP contribution in [0.25, 0.3) is 0 Å². The Morgan fingerprint density at radius 3 is 2.29 bits per heavy atom. The van der Waals surface area contributed by atoms with Gasteiger partial charge in [0.15, 0.2) is 0 Å². The van der Waals surface area contributed by atoms with Crippen LogP contribution in [-0.4, -0.2) is 62.1 Å². The molecule has 0 aromatic rings. The quantitative estimate of drug-likeness (QED) is 0.547. The number of rotatable bonds is 10. The zero-order valence-corrected chi connectivity index (χ0v) is 11.9. The summed E-state index contributed by atoms with van der Waals surface area (Å²) in [7, 11) is 1.84. The van der Waals surface area contributed by atoms with Gasteiger partial charge in [-0.3, -0.25) is 4.79 Å². The summed E-state index contributed by atoms with van der Waals surface area (Å²) in [5.74, 6) is 0.0815. The summed E-state index contributed by atoms with van der Waals surface area (Å²) in [6.07, 6.45) is 2.17. The van der Waals surface area contributed by atoms with Crippen LogP contribution in [0.15, 0.2) is 0 Å². The average molecular weight is 244 g/mol. The van der Waals surface area contributed by atoms with Crippen molar-refractivity contribution in [3.05, 3.63) is 0 Å². The number of unbranched alkanes of at least 4 members (excludes halogenated alkanes) is 1. The van der Waals surface area contributed by atoms with E-state index in [0.29, 0.717) is 6.61 Å². The van der Waals surface area contributed by atoms with E-state index in [1.165, 1.54) is 0 Å². The Morgan fingerprint density at radius 1 is 1.12 bits per heavy atom. The van der Waals surface area contributed by atoms with Gasteiger partial charge in [-0.05, 0) is 19.5 Å². The Morgan fingerprint density at radius 2 is 1.76 bits per heavy atom. The molecule has 0 heterocycles. The van der Waals surface area contributed by atoms with Crippen LogP contribution >= 0.6 is 0 Å². The molecule has 0 atom stereocenters. The molecule has 0 aliphatic heterocycles. The molecule has 0 unspecified atom stereocenters. The van der Waals surface area contributed by atoms with Crippen LogP contribution in [0, 0.1) is 0 Å². The fourth-order valence-corrected chi connectivity index (χ4v) is 1.52. The molecule has 4 nitrogen and oxygen atoms in total. The maximum absolute atomic E-state index is 11.6. The molecule has 0 aliphatic carbocycles. The molecule has 4 heteroatoms. The standard InChI is InChI=1S/C13H28N2O2/c1-5-8-9-14(4)13(16)12-17-11-10-15(6-2)7-3/h5-12H2,1-4H3. The second kappa shape index (κ2) is 10.5. The lowest BCUT2D eigenvalue weighted by molar-refractivity contribution is -0.135. The van der Waals surface area contributed by atoms with Gasteiger partial charge < -0.3 is 14.5 Å². The molecule has 0 rings (SSSR count). The summed E-state index contributed by atoms with van der Waals surface area (Å²) < 4.78 is 5.40. The molecule has 0 radical (unpaired) electrons. The second-order valence-electron chi connectivity index (χ2n) is 4.25. The SMILES string of the molecule is CCCCN(C)C(=O)COCCN(CC)CC. The minimum Gasteiger partial charge on any atom is -0.370 e. The second-order valence-corrected chi connectivity index (χ2v) is 4.25. The number of ether oxygens (including phenoxy) is 1. The van der Waals surface area contributed by atoms with Crippen molar-refractivity contribution in [3.8, 4) is 0 Å². The molecular weight excluding hydrogens is 216 g/mol. The lowest BCUT2D eigenvalue weighted by Crippen LogP contribution is -2.33. The van der Waals surface area contributed by atoms with Crippen LogP contribution in [0.2, 0.25) is 0 Å². The Labute approximate surface area is 106 Å². The van der Waals surface area contributed by atoms with Gasteiger partial charge in [-0.25, -0.2) is 0 Å². The number of nitrogens with zero attached hydrogens (tertiary/aromatic N) is 2. The normalized spacial score (nSPS) is 10.9. The van der Waals surface area contributed by atoms with Crippen LogP contribution < -0.4 is 0 Å². The van der Waals surface area contributed by atoms with E-state index in [1.807, 2.05) is 7.05 Å². The van der Waals surface area contributed by atoms with Gasteiger partial charge in [0.1, 0.15) is 6.61 Å². The van der Waals surface area contributed by atoms with Crippen molar-refractivity contribution in [1.29, 1.82) is 0 Å². The van der Waals surface area contributed by atoms with E-state index in [0.717, 1.165) is 39.0 Å². The highest BCUT2D eigenvalue weighted by Gasteiger charge is 2.08. The van der Waals surface area contributed by atoms with Crippen LogP contribution in [0.4, 0.5) is 0 Å². The number of carbonyl (C=O) groups is 1. The summed E-state index contributed by atoms with van der Waals surface area (Å²) in [5.41, 5.74) is 0. The number of carbonyl (C=O) groups excluding carboxylic acids is 1. The van der Waals surface area contributed by atoms with E-state index >= 15 is 0 Å². The molecule has 0 aromatic carbocycles. The minimum absolute atomic E-state index is 0.0815. The van der Waals surface area contributed by atoms with Crippen LogP contribution in [0.5, 0.6) is 0 Å². The predicted molar refractivity (Wildman–Crippen MR) is 71.2 cm³/mol. The lowest BCUT2D eigenvalue weighted by Gasteiger charge is -2.19. The predicted octanol–water partition coefficient (Wildman–Crippen LogP) is 1.60. The lowest BCUT2D eigenvalue weighted by atomic mass is 10.3. The Kier molecular flexibility index (Phi) is 10.2. The number of likely N-dealkylation sites (N-methyl/N-ethyl adjacent to an activating group) is 2. The number of hydrogen-bond donors (Lipinski definition) is 0. The third kappa shape index (κ3) is 8.16. The van der Waals surface area contributed by atoms with Gasteiger partial charge in [-0.2, -0.15) is 0 Å². The molecule has 0 spiro atoms. The number of hydrogen-bond acceptors (Lipinski definition) is 3. The van der Waals surface area contributed by atoms with Gasteiger partial charge in [0.25, 0.3) is 0 Å². The van der Waals surface area contributed by atoms with Crippen molar-refractivity contribution in [1.82, 2.24) is 9.80 Å².